The van der Waals surface area contributed by atoms with Crippen molar-refractivity contribution in [2.45, 2.75) is 0 Å². The Kier molecular flexibility index (Phi) is 4.72. The third-order valence-corrected chi connectivity index (χ3v) is 4.03. The Morgan fingerprint density at radius 1 is 1.59 bits per heavy atom. The number of nitrogens with one attached hydrogen (secondary N) is 1. The lowest BCUT2D eigenvalue weighted by Crippen LogP contribution is -2.13. The highest BCUT2D eigenvalue weighted by Crippen LogP contribution is 2.27. The number of nitrogens with zero attached hydrogens (tertiary/aromatic N) is 1. The third kappa shape index (κ3) is 4.49. The van der Waals surface area contributed by atoms with Gasteiger partial charge in [0.1, 0.15) is 9.84 Å². The second-order valence-corrected chi connectivity index (χ2v) is 6.80. The van der Waals surface area contributed by atoms with E-state index in [0.29, 0.717) is 5.13 Å². The minimum absolute atomic E-state index is 0.0161. The number of carbonyl (C=O) groups excluding carboxylic acids is 1. The number of hydrogen-bond donors (Lipinski definition) is 1. The Labute approximate surface area is 108 Å². The summed E-state index contributed by atoms with van der Waals surface area (Å²) < 4.78 is 26.3. The fraction of sp³-hybridized carbons (Fsp3) is 0.500. The zero-order valence-corrected chi connectivity index (χ0v) is 11.6. The van der Waals surface area contributed by atoms with Crippen LogP contribution in [0.3, 0.4) is 0 Å². The smallest absolute Gasteiger partial charge is 0.351 e. The molecule has 0 aliphatic rings. The van der Waals surface area contributed by atoms with Gasteiger partial charge in [-0.1, -0.05) is 22.9 Å². The molecule has 1 aromatic heterocycles. The van der Waals surface area contributed by atoms with Crippen molar-refractivity contribution in [1.82, 2.24) is 4.98 Å². The van der Waals surface area contributed by atoms with E-state index < -0.39 is 15.8 Å². The van der Waals surface area contributed by atoms with Gasteiger partial charge in [0.15, 0.2) is 15.2 Å². The molecule has 0 unspecified atom stereocenters. The number of anilines is 1. The highest BCUT2D eigenvalue weighted by Gasteiger charge is 2.17. The summed E-state index contributed by atoms with van der Waals surface area (Å²) in [6, 6.07) is 0. The van der Waals surface area contributed by atoms with E-state index in [1.165, 1.54) is 7.11 Å². The molecule has 0 amide bonds. The van der Waals surface area contributed by atoms with Crippen molar-refractivity contribution in [1.29, 1.82) is 0 Å². The maximum absolute atomic E-state index is 11.2. The number of aromatic nitrogens is 1. The van der Waals surface area contributed by atoms with Crippen molar-refractivity contribution < 1.29 is 17.9 Å². The average molecular weight is 299 g/mol. The van der Waals surface area contributed by atoms with Gasteiger partial charge in [0.2, 0.25) is 0 Å². The van der Waals surface area contributed by atoms with Gasteiger partial charge in [0, 0.05) is 12.8 Å². The number of carbonyl (C=O) groups is 1. The molecule has 96 valence electrons. The molecule has 1 N–H and O–H groups in total. The minimum Gasteiger partial charge on any atom is -0.465 e. The van der Waals surface area contributed by atoms with Crippen LogP contribution in [-0.4, -0.2) is 45.0 Å². The Morgan fingerprint density at radius 3 is 2.76 bits per heavy atom. The summed E-state index contributed by atoms with van der Waals surface area (Å²) in [5.74, 6) is -0.582. The molecule has 0 saturated carbocycles. The molecule has 17 heavy (non-hydrogen) atoms. The van der Waals surface area contributed by atoms with Gasteiger partial charge in [-0.15, -0.1) is 0 Å². The van der Waals surface area contributed by atoms with Crippen molar-refractivity contribution in [3.8, 4) is 0 Å². The summed E-state index contributed by atoms with van der Waals surface area (Å²) in [6.45, 7) is 0.212. The van der Waals surface area contributed by atoms with Crippen LogP contribution in [0.15, 0.2) is 0 Å². The lowest BCUT2D eigenvalue weighted by atomic mass is 10.6. The molecule has 0 spiro atoms. The molecule has 0 atom stereocenters. The highest BCUT2D eigenvalue weighted by atomic mass is 35.5. The maximum atomic E-state index is 11.2. The molecular formula is C8H11ClN2O4S2. The number of halogens is 1. The van der Waals surface area contributed by atoms with Crippen LogP contribution in [0.4, 0.5) is 5.13 Å². The van der Waals surface area contributed by atoms with Crippen molar-refractivity contribution in [2.24, 2.45) is 0 Å². The number of rotatable bonds is 5. The van der Waals surface area contributed by atoms with Crippen molar-refractivity contribution >= 4 is 43.9 Å². The summed E-state index contributed by atoms with van der Waals surface area (Å²) >= 11 is 6.75. The molecule has 0 aliphatic carbocycles. The largest absolute Gasteiger partial charge is 0.465 e. The van der Waals surface area contributed by atoms with Crippen LogP contribution in [0, 0.1) is 0 Å². The van der Waals surface area contributed by atoms with Gasteiger partial charge in [0.05, 0.1) is 12.9 Å². The first-order valence-corrected chi connectivity index (χ1v) is 7.75. The molecule has 1 heterocycles. The van der Waals surface area contributed by atoms with Crippen LogP contribution in [-0.2, 0) is 14.6 Å². The van der Waals surface area contributed by atoms with E-state index in [1.807, 2.05) is 0 Å². The summed E-state index contributed by atoms with van der Waals surface area (Å²) in [5, 5.41) is 3.21. The van der Waals surface area contributed by atoms with Crippen molar-refractivity contribution in [3.63, 3.8) is 0 Å². The zero-order chi connectivity index (χ0) is 13.1. The van der Waals surface area contributed by atoms with Gasteiger partial charge in [-0.2, -0.15) is 0 Å². The maximum Gasteiger partial charge on any atom is 0.351 e. The first-order chi connectivity index (χ1) is 7.83. The predicted octanol–water partition coefficient (Wildman–Crippen LogP) is 1.04. The summed E-state index contributed by atoms with van der Waals surface area (Å²) in [6.07, 6.45) is 1.14. The predicted molar refractivity (Wildman–Crippen MR) is 66.7 cm³/mol. The SMILES string of the molecule is COC(=O)c1sc(NCCS(C)(=O)=O)nc1Cl. The molecule has 0 aromatic carbocycles. The topological polar surface area (TPSA) is 85.4 Å². The summed E-state index contributed by atoms with van der Waals surface area (Å²) in [7, 11) is -1.78. The van der Waals surface area contributed by atoms with Crippen LogP contribution >= 0.6 is 22.9 Å². The standard InChI is InChI=1S/C8H11ClN2O4S2/c1-15-7(12)5-6(9)11-8(16-5)10-3-4-17(2,13)14/h3-4H2,1-2H3,(H,10,11). The first-order valence-electron chi connectivity index (χ1n) is 4.49. The van der Waals surface area contributed by atoms with Gasteiger partial charge >= 0.3 is 5.97 Å². The lowest BCUT2D eigenvalue weighted by molar-refractivity contribution is 0.0606. The van der Waals surface area contributed by atoms with E-state index in [1.54, 1.807) is 0 Å². The molecular weight excluding hydrogens is 288 g/mol. The monoisotopic (exact) mass is 298 g/mol. The van der Waals surface area contributed by atoms with Crippen LogP contribution in [0.2, 0.25) is 5.15 Å². The second-order valence-electron chi connectivity index (χ2n) is 3.19. The quantitative estimate of drug-likeness (QED) is 0.818. The van der Waals surface area contributed by atoms with E-state index in [9.17, 15) is 13.2 Å². The van der Waals surface area contributed by atoms with Crippen LogP contribution in [0.1, 0.15) is 9.67 Å². The molecule has 0 fully saturated rings. The molecule has 0 aliphatic heterocycles. The van der Waals surface area contributed by atoms with E-state index in [2.05, 4.69) is 15.0 Å². The van der Waals surface area contributed by atoms with E-state index in [-0.39, 0.29) is 22.3 Å². The molecule has 0 radical (unpaired) electrons. The van der Waals surface area contributed by atoms with Gasteiger partial charge in [-0.3, -0.25) is 0 Å². The number of thiazole rings is 1. The Balaban J connectivity index is 2.65. The summed E-state index contributed by atoms with van der Waals surface area (Å²) in [5.41, 5.74) is 0. The Morgan fingerprint density at radius 2 is 2.24 bits per heavy atom. The number of methoxy groups -OCH3 is 1. The fourth-order valence-electron chi connectivity index (χ4n) is 0.939. The Bertz CT molecular complexity index is 512. The highest BCUT2D eigenvalue weighted by molar-refractivity contribution is 7.90. The number of sulfone groups is 1. The fourth-order valence-corrected chi connectivity index (χ4v) is 2.54. The number of esters is 1. The molecule has 1 aromatic rings. The van der Waals surface area contributed by atoms with Crippen LogP contribution in [0.5, 0.6) is 0 Å². The van der Waals surface area contributed by atoms with Gasteiger partial charge in [0.25, 0.3) is 0 Å². The third-order valence-electron chi connectivity index (χ3n) is 1.71. The molecule has 0 saturated heterocycles. The van der Waals surface area contributed by atoms with Crippen LogP contribution < -0.4 is 5.32 Å². The van der Waals surface area contributed by atoms with Crippen LogP contribution in [0.25, 0.3) is 0 Å². The van der Waals surface area contributed by atoms with Gasteiger partial charge in [-0.25, -0.2) is 18.2 Å². The zero-order valence-electron chi connectivity index (χ0n) is 9.19. The van der Waals surface area contributed by atoms with Gasteiger partial charge in [-0.05, 0) is 0 Å². The van der Waals surface area contributed by atoms with E-state index in [0.717, 1.165) is 17.6 Å². The number of hydrogen-bond acceptors (Lipinski definition) is 7. The van der Waals surface area contributed by atoms with Crippen molar-refractivity contribution in [2.75, 3.05) is 31.0 Å². The lowest BCUT2D eigenvalue weighted by Gasteiger charge is -1.99. The number of ether oxygens (including phenoxy) is 1. The first kappa shape index (κ1) is 14.2. The van der Waals surface area contributed by atoms with E-state index >= 15 is 0 Å². The van der Waals surface area contributed by atoms with Crippen molar-refractivity contribution in [3.05, 3.63) is 10.0 Å². The minimum atomic E-state index is -3.03. The normalized spacial score (nSPS) is 11.2. The van der Waals surface area contributed by atoms with Gasteiger partial charge < -0.3 is 10.1 Å². The average Bonchev–Trinajstić information content (AvgIpc) is 2.57. The molecule has 1 rings (SSSR count). The molecule has 9 heteroatoms. The second kappa shape index (κ2) is 5.65. The van der Waals surface area contributed by atoms with E-state index in [4.69, 9.17) is 11.6 Å². The summed E-state index contributed by atoms with van der Waals surface area (Å²) in [4.78, 5) is 15.3. The Hall–Kier alpha value is -0.860. The molecule has 6 nitrogen and oxygen atoms in total. The molecule has 0 bridgehead atoms.